The van der Waals surface area contributed by atoms with Crippen molar-refractivity contribution >= 4 is 25.6 Å². The fourth-order valence-corrected chi connectivity index (χ4v) is 2.25. The molecule has 1 aromatic rings. The molecule has 0 unspecified atom stereocenters. The Labute approximate surface area is 98.0 Å². The fraction of sp³-hybridized carbons (Fsp3) is 0.250. The first-order chi connectivity index (χ1) is 7.51. The maximum Gasteiger partial charge on any atom is 0.335 e. The van der Waals surface area contributed by atoms with Gasteiger partial charge in [0.25, 0.3) is 0 Å². The Morgan fingerprint density at radius 1 is 1.06 bits per heavy atom. The third-order valence-electron chi connectivity index (χ3n) is 1.79. The molecule has 94 valence electrons. The largest absolute Gasteiger partial charge is 0.478 e. The number of hydrogen-bond donors (Lipinski definition) is 1. The highest BCUT2D eigenvalue weighted by Crippen LogP contribution is 2.15. The number of aromatic nitrogens is 1. The lowest BCUT2D eigenvalue weighted by Crippen LogP contribution is -2.10. The molecule has 7 nitrogen and oxygen atoms in total. The van der Waals surface area contributed by atoms with Crippen LogP contribution in [0.2, 0.25) is 0 Å². The van der Waals surface area contributed by atoms with Crippen molar-refractivity contribution < 1.29 is 26.7 Å². The quantitative estimate of drug-likeness (QED) is 0.798. The monoisotopic (exact) mass is 279 g/mol. The van der Waals surface area contributed by atoms with Crippen LogP contribution in [0.3, 0.4) is 0 Å². The maximum absolute atomic E-state index is 11.2. The molecule has 1 N–H and O–H groups in total. The first-order valence-corrected chi connectivity index (χ1v) is 7.95. The molecule has 0 saturated heterocycles. The lowest BCUT2D eigenvalue weighted by molar-refractivity contribution is 0.0696. The van der Waals surface area contributed by atoms with Crippen LogP contribution >= 0.6 is 0 Å². The molecule has 1 rings (SSSR count). The van der Waals surface area contributed by atoms with Crippen molar-refractivity contribution in [3.05, 3.63) is 17.7 Å². The number of pyridine rings is 1. The highest BCUT2D eigenvalue weighted by atomic mass is 32.2. The molecule has 0 atom stereocenters. The van der Waals surface area contributed by atoms with Gasteiger partial charge in [0.05, 0.1) is 5.56 Å². The zero-order valence-electron chi connectivity index (χ0n) is 8.91. The van der Waals surface area contributed by atoms with Crippen LogP contribution in [-0.2, 0) is 19.7 Å². The first-order valence-electron chi connectivity index (χ1n) is 4.17. The molecule has 1 heterocycles. The molecular weight excluding hydrogens is 270 g/mol. The zero-order chi connectivity index (χ0) is 13.4. The number of sulfone groups is 2. The van der Waals surface area contributed by atoms with Gasteiger partial charge in [0.2, 0.25) is 0 Å². The van der Waals surface area contributed by atoms with Crippen LogP contribution in [0.5, 0.6) is 0 Å². The second kappa shape index (κ2) is 4.08. The highest BCUT2D eigenvalue weighted by molar-refractivity contribution is 7.91. The van der Waals surface area contributed by atoms with Gasteiger partial charge in [0, 0.05) is 12.5 Å². The van der Waals surface area contributed by atoms with E-state index in [1.54, 1.807) is 0 Å². The number of aromatic carboxylic acids is 1. The van der Waals surface area contributed by atoms with Crippen LogP contribution in [0.25, 0.3) is 0 Å². The van der Waals surface area contributed by atoms with Crippen LogP contribution in [0.4, 0.5) is 0 Å². The molecule has 0 radical (unpaired) electrons. The van der Waals surface area contributed by atoms with Gasteiger partial charge >= 0.3 is 5.97 Å². The Balaban J connectivity index is 3.68. The summed E-state index contributed by atoms with van der Waals surface area (Å²) in [7, 11) is -7.56. The van der Waals surface area contributed by atoms with Crippen LogP contribution in [-0.4, -0.2) is 45.4 Å². The second-order valence-corrected chi connectivity index (χ2v) is 7.31. The molecule has 0 bridgehead atoms. The minimum Gasteiger partial charge on any atom is -0.478 e. The Morgan fingerprint density at radius 3 is 1.65 bits per heavy atom. The molecule has 0 spiro atoms. The fourth-order valence-electron chi connectivity index (χ4n) is 0.984. The van der Waals surface area contributed by atoms with E-state index in [1.807, 2.05) is 0 Å². The molecule has 17 heavy (non-hydrogen) atoms. The van der Waals surface area contributed by atoms with Gasteiger partial charge in [-0.25, -0.2) is 26.6 Å². The Morgan fingerprint density at radius 2 is 1.41 bits per heavy atom. The average molecular weight is 279 g/mol. The molecule has 0 amide bonds. The summed E-state index contributed by atoms with van der Waals surface area (Å²) in [6.45, 7) is 0. The van der Waals surface area contributed by atoms with Gasteiger partial charge in [-0.2, -0.15) is 0 Å². The van der Waals surface area contributed by atoms with Crippen molar-refractivity contribution in [3.63, 3.8) is 0 Å². The summed E-state index contributed by atoms with van der Waals surface area (Å²) >= 11 is 0. The van der Waals surface area contributed by atoms with Gasteiger partial charge in [-0.05, 0) is 12.1 Å². The Bertz CT molecular complexity index is 624. The normalized spacial score (nSPS) is 12.4. The van der Waals surface area contributed by atoms with E-state index >= 15 is 0 Å². The van der Waals surface area contributed by atoms with Gasteiger partial charge in [-0.15, -0.1) is 0 Å². The van der Waals surface area contributed by atoms with Crippen molar-refractivity contribution in [2.24, 2.45) is 0 Å². The lowest BCUT2D eigenvalue weighted by Gasteiger charge is -2.03. The summed E-state index contributed by atoms with van der Waals surface area (Å²) in [4.78, 5) is 14.2. The van der Waals surface area contributed by atoms with Crippen molar-refractivity contribution in [2.45, 2.75) is 10.1 Å². The molecule has 0 fully saturated rings. The van der Waals surface area contributed by atoms with Gasteiger partial charge in [-0.3, -0.25) is 0 Å². The third-order valence-corrected chi connectivity index (χ3v) is 3.72. The van der Waals surface area contributed by atoms with Crippen LogP contribution < -0.4 is 0 Å². The standard InChI is InChI=1S/C8H9NO6S2/c1-16(12,13)6-3-5(8(10)11)4-7(9-6)17(2,14)15/h3-4H,1-2H3,(H,10,11). The number of carbonyl (C=O) groups is 1. The number of carboxylic acids is 1. The summed E-state index contributed by atoms with van der Waals surface area (Å²) in [5.74, 6) is -1.43. The Hall–Kier alpha value is -1.48. The molecular formula is C8H9NO6S2. The van der Waals surface area contributed by atoms with Crippen molar-refractivity contribution in [3.8, 4) is 0 Å². The third kappa shape index (κ3) is 3.24. The van der Waals surface area contributed by atoms with Crippen LogP contribution in [0, 0.1) is 0 Å². The van der Waals surface area contributed by atoms with Gasteiger partial charge in [-0.1, -0.05) is 0 Å². The topological polar surface area (TPSA) is 118 Å². The molecule has 0 aliphatic carbocycles. The number of hydrogen-bond acceptors (Lipinski definition) is 6. The predicted molar refractivity (Wildman–Crippen MR) is 57.4 cm³/mol. The minimum absolute atomic E-state index is 0.444. The first kappa shape index (κ1) is 13.6. The smallest absolute Gasteiger partial charge is 0.335 e. The van der Waals surface area contributed by atoms with E-state index in [4.69, 9.17) is 5.11 Å². The van der Waals surface area contributed by atoms with E-state index in [0.29, 0.717) is 0 Å². The molecule has 0 aliphatic rings. The SMILES string of the molecule is CS(=O)(=O)c1cc(C(=O)O)cc(S(C)(=O)=O)n1. The number of carboxylic acid groups (broad SMARTS) is 1. The van der Waals surface area contributed by atoms with Crippen LogP contribution in [0.15, 0.2) is 22.2 Å². The van der Waals surface area contributed by atoms with Gasteiger partial charge in [0.1, 0.15) is 0 Å². The molecule has 9 heteroatoms. The van der Waals surface area contributed by atoms with Crippen molar-refractivity contribution in [1.82, 2.24) is 4.98 Å². The van der Waals surface area contributed by atoms with Gasteiger partial charge in [0.15, 0.2) is 29.7 Å². The molecule has 0 saturated carbocycles. The average Bonchev–Trinajstić information content (AvgIpc) is 2.14. The van der Waals surface area contributed by atoms with E-state index in [9.17, 15) is 21.6 Å². The maximum atomic E-state index is 11.2. The summed E-state index contributed by atoms with van der Waals surface area (Å²) in [6, 6.07) is 1.62. The summed E-state index contributed by atoms with van der Waals surface area (Å²) in [6.07, 6.45) is 1.63. The van der Waals surface area contributed by atoms with E-state index in [1.165, 1.54) is 0 Å². The van der Waals surface area contributed by atoms with Crippen molar-refractivity contribution in [1.29, 1.82) is 0 Å². The van der Waals surface area contributed by atoms with Crippen LogP contribution in [0.1, 0.15) is 10.4 Å². The van der Waals surface area contributed by atoms with E-state index in [0.717, 1.165) is 24.6 Å². The number of rotatable bonds is 3. The van der Waals surface area contributed by atoms with Crippen molar-refractivity contribution in [2.75, 3.05) is 12.5 Å². The highest BCUT2D eigenvalue weighted by Gasteiger charge is 2.19. The Kier molecular flexibility index (Phi) is 3.26. The van der Waals surface area contributed by atoms with E-state index in [-0.39, 0.29) is 0 Å². The predicted octanol–water partition coefficient (Wildman–Crippen LogP) is -0.413. The summed E-state index contributed by atoms with van der Waals surface area (Å²) < 4.78 is 44.9. The minimum atomic E-state index is -3.78. The van der Waals surface area contributed by atoms with E-state index < -0.39 is 41.3 Å². The van der Waals surface area contributed by atoms with E-state index in [2.05, 4.69) is 4.98 Å². The summed E-state index contributed by atoms with van der Waals surface area (Å²) in [5.41, 5.74) is -0.444. The lowest BCUT2D eigenvalue weighted by atomic mass is 10.3. The molecule has 1 aromatic heterocycles. The second-order valence-electron chi connectivity index (χ2n) is 3.38. The number of nitrogens with zero attached hydrogens (tertiary/aromatic N) is 1. The zero-order valence-corrected chi connectivity index (χ0v) is 10.5. The summed E-state index contributed by atoms with van der Waals surface area (Å²) in [5, 5.41) is 7.58. The van der Waals surface area contributed by atoms with Gasteiger partial charge < -0.3 is 5.11 Å². The molecule has 0 aromatic carbocycles. The molecule has 0 aliphatic heterocycles.